The van der Waals surface area contributed by atoms with E-state index in [1.165, 1.54) is 14.2 Å². The number of fused-ring (bicyclic) bond motifs is 1. The maximum Gasteiger partial charge on any atom is 0.264 e. The van der Waals surface area contributed by atoms with Gasteiger partial charge in [0.15, 0.2) is 11.5 Å². The number of ether oxygens (including phenoxy) is 2. The van der Waals surface area contributed by atoms with E-state index in [4.69, 9.17) is 9.47 Å². The number of halogens is 1. The summed E-state index contributed by atoms with van der Waals surface area (Å²) in [5, 5.41) is 0. The van der Waals surface area contributed by atoms with Gasteiger partial charge in [0.2, 0.25) is 0 Å². The van der Waals surface area contributed by atoms with Crippen LogP contribution in [0.1, 0.15) is 0 Å². The van der Waals surface area contributed by atoms with Gasteiger partial charge in [0.05, 0.1) is 25.3 Å². The van der Waals surface area contributed by atoms with Crippen LogP contribution in [0, 0.1) is 5.82 Å². The zero-order chi connectivity index (χ0) is 21.3. The molecule has 0 amide bonds. The monoisotopic (exact) mass is 427 g/mol. The lowest BCUT2D eigenvalue weighted by molar-refractivity contribution is 0.350. The highest BCUT2D eigenvalue weighted by molar-refractivity contribution is 7.92. The lowest BCUT2D eigenvalue weighted by Crippen LogP contribution is -2.15. The first-order valence-corrected chi connectivity index (χ1v) is 10.4. The zero-order valence-electron chi connectivity index (χ0n) is 16.2. The predicted octanol–water partition coefficient (Wildman–Crippen LogP) is 3.98. The van der Waals surface area contributed by atoms with Crippen LogP contribution in [-0.4, -0.2) is 32.2 Å². The molecule has 0 bridgehead atoms. The van der Waals surface area contributed by atoms with Crippen molar-refractivity contribution in [3.8, 4) is 17.2 Å². The first-order chi connectivity index (χ1) is 14.4. The SMILES string of the molecule is COc1cc(F)c(S(=O)(=O)Nc2ccc(-n3cnc4ccccc43)cc2)cc1OC. The molecule has 0 aliphatic carbocycles. The Morgan fingerprint density at radius 3 is 2.33 bits per heavy atom. The fraction of sp³-hybridized carbons (Fsp3) is 0.0952. The quantitative estimate of drug-likeness (QED) is 0.503. The molecule has 0 saturated heterocycles. The summed E-state index contributed by atoms with van der Waals surface area (Å²) in [7, 11) is -1.50. The van der Waals surface area contributed by atoms with E-state index in [1.54, 1.807) is 30.6 Å². The Morgan fingerprint density at radius 2 is 1.63 bits per heavy atom. The molecule has 1 aromatic heterocycles. The molecule has 0 radical (unpaired) electrons. The number of hydrogen-bond donors (Lipinski definition) is 1. The third-order valence-corrected chi connectivity index (χ3v) is 5.98. The standard InChI is InChI=1S/C21H18FN3O4S/c1-28-19-11-16(22)21(12-20(19)29-2)30(26,27)24-14-7-9-15(10-8-14)25-13-23-17-5-3-4-6-18(17)25/h3-13,24H,1-2H3. The van der Waals surface area contributed by atoms with Gasteiger partial charge in [-0.05, 0) is 36.4 Å². The van der Waals surface area contributed by atoms with E-state index in [1.807, 2.05) is 28.8 Å². The predicted molar refractivity (Wildman–Crippen MR) is 111 cm³/mol. The van der Waals surface area contributed by atoms with Gasteiger partial charge in [0.25, 0.3) is 10.0 Å². The van der Waals surface area contributed by atoms with Gasteiger partial charge in [0.1, 0.15) is 17.0 Å². The minimum Gasteiger partial charge on any atom is -0.493 e. The van der Waals surface area contributed by atoms with Crippen LogP contribution >= 0.6 is 0 Å². The number of rotatable bonds is 6. The Bertz CT molecular complexity index is 1320. The normalized spacial score (nSPS) is 11.4. The largest absolute Gasteiger partial charge is 0.493 e. The molecule has 7 nitrogen and oxygen atoms in total. The third-order valence-electron chi connectivity index (χ3n) is 4.58. The van der Waals surface area contributed by atoms with Gasteiger partial charge in [-0.3, -0.25) is 9.29 Å². The molecule has 4 rings (SSSR count). The summed E-state index contributed by atoms with van der Waals surface area (Å²) in [6, 6.07) is 16.4. The van der Waals surface area contributed by atoms with E-state index in [2.05, 4.69) is 9.71 Å². The molecule has 0 saturated carbocycles. The number of para-hydroxylation sites is 2. The highest BCUT2D eigenvalue weighted by Gasteiger charge is 2.23. The van der Waals surface area contributed by atoms with Gasteiger partial charge >= 0.3 is 0 Å². The zero-order valence-corrected chi connectivity index (χ0v) is 17.0. The Balaban J connectivity index is 1.63. The highest BCUT2D eigenvalue weighted by atomic mass is 32.2. The number of nitrogens with zero attached hydrogens (tertiary/aromatic N) is 2. The molecular weight excluding hydrogens is 409 g/mol. The Labute approximate surface area is 172 Å². The van der Waals surface area contributed by atoms with Crippen LogP contribution in [0.5, 0.6) is 11.5 Å². The highest BCUT2D eigenvalue weighted by Crippen LogP contribution is 2.32. The van der Waals surface area contributed by atoms with Crippen LogP contribution < -0.4 is 14.2 Å². The molecule has 9 heteroatoms. The molecule has 1 heterocycles. The average Bonchev–Trinajstić information content (AvgIpc) is 3.18. The summed E-state index contributed by atoms with van der Waals surface area (Å²) in [6.07, 6.45) is 1.70. The van der Waals surface area contributed by atoms with Crippen molar-refractivity contribution in [2.45, 2.75) is 4.90 Å². The van der Waals surface area contributed by atoms with Crippen molar-refractivity contribution in [3.05, 3.63) is 72.8 Å². The molecule has 0 fully saturated rings. The number of sulfonamides is 1. The van der Waals surface area contributed by atoms with Crippen LogP contribution in [0.15, 0.2) is 71.9 Å². The van der Waals surface area contributed by atoms with Gasteiger partial charge in [-0.2, -0.15) is 0 Å². The molecule has 1 N–H and O–H groups in total. The van der Waals surface area contributed by atoms with Crippen molar-refractivity contribution < 1.29 is 22.3 Å². The number of imidazole rings is 1. The summed E-state index contributed by atoms with van der Waals surface area (Å²) >= 11 is 0. The second kappa shape index (κ2) is 7.68. The molecule has 0 aliphatic rings. The fourth-order valence-electron chi connectivity index (χ4n) is 3.11. The number of hydrogen-bond acceptors (Lipinski definition) is 5. The maximum absolute atomic E-state index is 14.4. The summed E-state index contributed by atoms with van der Waals surface area (Å²) < 4.78 is 54.2. The van der Waals surface area contributed by atoms with Crippen LogP contribution in [0.25, 0.3) is 16.7 Å². The van der Waals surface area contributed by atoms with E-state index in [0.717, 1.165) is 28.9 Å². The molecule has 3 aromatic carbocycles. The van der Waals surface area contributed by atoms with Crippen LogP contribution in [0.2, 0.25) is 0 Å². The molecule has 0 atom stereocenters. The summed E-state index contributed by atoms with van der Waals surface area (Å²) in [5.74, 6) is -0.728. The van der Waals surface area contributed by atoms with E-state index in [-0.39, 0.29) is 17.2 Å². The van der Waals surface area contributed by atoms with Crippen LogP contribution in [0.4, 0.5) is 10.1 Å². The number of benzene rings is 3. The number of anilines is 1. The van der Waals surface area contributed by atoms with Crippen LogP contribution in [0.3, 0.4) is 0 Å². The van der Waals surface area contributed by atoms with Gasteiger partial charge < -0.3 is 9.47 Å². The van der Waals surface area contributed by atoms with Crippen molar-refractivity contribution in [1.29, 1.82) is 0 Å². The molecule has 30 heavy (non-hydrogen) atoms. The molecule has 154 valence electrons. The van der Waals surface area contributed by atoms with Crippen molar-refractivity contribution in [1.82, 2.24) is 9.55 Å². The number of nitrogens with one attached hydrogen (secondary N) is 1. The second-order valence-corrected chi connectivity index (χ2v) is 8.04. The van der Waals surface area contributed by atoms with Gasteiger partial charge in [-0.15, -0.1) is 0 Å². The van der Waals surface area contributed by atoms with E-state index >= 15 is 0 Å². The number of aromatic nitrogens is 2. The fourth-order valence-corrected chi connectivity index (χ4v) is 4.24. The minimum atomic E-state index is -4.18. The van der Waals surface area contributed by atoms with E-state index < -0.39 is 20.7 Å². The number of methoxy groups -OCH3 is 2. The van der Waals surface area contributed by atoms with Crippen molar-refractivity contribution in [2.75, 3.05) is 18.9 Å². The molecule has 0 aliphatic heterocycles. The Morgan fingerprint density at radius 1 is 0.967 bits per heavy atom. The summed E-state index contributed by atoms with van der Waals surface area (Å²) in [6.45, 7) is 0. The van der Waals surface area contributed by atoms with Crippen molar-refractivity contribution in [3.63, 3.8) is 0 Å². The van der Waals surface area contributed by atoms with Crippen molar-refractivity contribution in [2.24, 2.45) is 0 Å². The minimum absolute atomic E-state index is 0.103. The smallest absolute Gasteiger partial charge is 0.264 e. The third kappa shape index (κ3) is 3.55. The Hall–Kier alpha value is -3.59. The molecule has 4 aromatic rings. The first-order valence-electron chi connectivity index (χ1n) is 8.90. The van der Waals surface area contributed by atoms with Crippen LogP contribution in [-0.2, 0) is 10.0 Å². The molecular formula is C21H18FN3O4S. The van der Waals surface area contributed by atoms with E-state index in [0.29, 0.717) is 0 Å². The van der Waals surface area contributed by atoms with Gasteiger partial charge in [0, 0.05) is 23.5 Å². The summed E-state index contributed by atoms with van der Waals surface area (Å²) in [4.78, 5) is 3.81. The van der Waals surface area contributed by atoms with Gasteiger partial charge in [-0.1, -0.05) is 12.1 Å². The second-order valence-electron chi connectivity index (χ2n) is 6.39. The van der Waals surface area contributed by atoms with Gasteiger partial charge in [-0.25, -0.2) is 17.8 Å². The lowest BCUT2D eigenvalue weighted by Gasteiger charge is -2.13. The molecule has 0 spiro atoms. The topological polar surface area (TPSA) is 82.5 Å². The maximum atomic E-state index is 14.4. The molecule has 0 unspecified atom stereocenters. The van der Waals surface area contributed by atoms with Crippen molar-refractivity contribution >= 4 is 26.7 Å². The Kier molecular flexibility index (Phi) is 5.04. The van der Waals surface area contributed by atoms with E-state index in [9.17, 15) is 12.8 Å². The lowest BCUT2D eigenvalue weighted by atomic mass is 10.2. The average molecular weight is 427 g/mol. The summed E-state index contributed by atoms with van der Waals surface area (Å²) in [5.41, 5.74) is 2.88. The first kappa shape index (κ1) is 19.7.